The highest BCUT2D eigenvalue weighted by atomic mass is 79.9. The van der Waals surface area contributed by atoms with E-state index in [2.05, 4.69) is 20.9 Å². The van der Waals surface area contributed by atoms with Crippen molar-refractivity contribution in [3.8, 4) is 11.6 Å². The number of halogens is 1. The summed E-state index contributed by atoms with van der Waals surface area (Å²) in [6.07, 6.45) is 2.27. The van der Waals surface area contributed by atoms with E-state index in [1.165, 1.54) is 0 Å². The molecule has 1 heterocycles. The standard InChI is InChI=1S/C13H13BrN2O2/c14-10-7-12(15)13(16-8-10)18-11-3-1-9(2-4-11)5-6-17/h1-4,7-8,17H,5-6,15H2. The van der Waals surface area contributed by atoms with E-state index < -0.39 is 0 Å². The molecule has 2 rings (SSSR count). The molecule has 0 amide bonds. The second-order valence-electron chi connectivity index (χ2n) is 3.77. The zero-order valence-electron chi connectivity index (χ0n) is 9.64. The highest BCUT2D eigenvalue weighted by Gasteiger charge is 2.04. The normalized spacial score (nSPS) is 10.3. The van der Waals surface area contributed by atoms with Crippen molar-refractivity contribution < 1.29 is 9.84 Å². The van der Waals surface area contributed by atoms with Crippen molar-refractivity contribution in [3.63, 3.8) is 0 Å². The number of benzene rings is 1. The molecule has 3 N–H and O–H groups in total. The van der Waals surface area contributed by atoms with Crippen LogP contribution in [0.5, 0.6) is 11.6 Å². The molecule has 0 aliphatic rings. The third-order valence-corrected chi connectivity index (χ3v) is 2.82. The van der Waals surface area contributed by atoms with Gasteiger partial charge in [0.1, 0.15) is 5.75 Å². The molecule has 0 radical (unpaired) electrons. The average Bonchev–Trinajstić information content (AvgIpc) is 2.35. The van der Waals surface area contributed by atoms with Crippen molar-refractivity contribution in [2.24, 2.45) is 0 Å². The molecule has 0 unspecified atom stereocenters. The second-order valence-corrected chi connectivity index (χ2v) is 4.68. The summed E-state index contributed by atoms with van der Waals surface area (Å²) in [4.78, 5) is 4.10. The Labute approximate surface area is 114 Å². The Hall–Kier alpha value is -1.59. The van der Waals surface area contributed by atoms with Crippen LogP contribution in [0.4, 0.5) is 5.69 Å². The van der Waals surface area contributed by atoms with Crippen LogP contribution in [-0.4, -0.2) is 16.7 Å². The maximum atomic E-state index is 8.82. The number of aromatic nitrogens is 1. The first-order chi connectivity index (χ1) is 8.69. The van der Waals surface area contributed by atoms with Gasteiger partial charge in [-0.25, -0.2) is 4.98 Å². The lowest BCUT2D eigenvalue weighted by molar-refractivity contribution is 0.299. The second kappa shape index (κ2) is 5.84. The van der Waals surface area contributed by atoms with Crippen molar-refractivity contribution in [2.45, 2.75) is 6.42 Å². The van der Waals surface area contributed by atoms with Gasteiger partial charge in [0.15, 0.2) is 0 Å². The van der Waals surface area contributed by atoms with Crippen LogP contribution in [0.25, 0.3) is 0 Å². The summed E-state index contributed by atoms with van der Waals surface area (Å²) in [5.41, 5.74) is 7.33. The molecule has 0 aliphatic carbocycles. The third-order valence-electron chi connectivity index (χ3n) is 2.38. The minimum Gasteiger partial charge on any atom is -0.437 e. The fourth-order valence-electron chi connectivity index (χ4n) is 1.49. The van der Waals surface area contributed by atoms with E-state index in [0.717, 1.165) is 10.0 Å². The Morgan fingerprint density at radius 3 is 2.61 bits per heavy atom. The SMILES string of the molecule is Nc1cc(Br)cnc1Oc1ccc(CCO)cc1. The Balaban J connectivity index is 2.13. The van der Waals surface area contributed by atoms with Crippen LogP contribution >= 0.6 is 15.9 Å². The van der Waals surface area contributed by atoms with E-state index in [4.69, 9.17) is 15.6 Å². The number of pyridine rings is 1. The molecule has 0 aliphatic heterocycles. The van der Waals surface area contributed by atoms with Crippen LogP contribution in [-0.2, 0) is 6.42 Å². The van der Waals surface area contributed by atoms with Gasteiger partial charge in [-0.15, -0.1) is 0 Å². The van der Waals surface area contributed by atoms with E-state index in [1.54, 1.807) is 12.3 Å². The summed E-state index contributed by atoms with van der Waals surface area (Å²) in [6, 6.07) is 9.20. The molecule has 18 heavy (non-hydrogen) atoms. The maximum Gasteiger partial charge on any atom is 0.242 e. The molecule has 0 saturated carbocycles. The largest absolute Gasteiger partial charge is 0.437 e. The monoisotopic (exact) mass is 308 g/mol. The van der Waals surface area contributed by atoms with Gasteiger partial charge < -0.3 is 15.6 Å². The van der Waals surface area contributed by atoms with Crippen LogP contribution < -0.4 is 10.5 Å². The Kier molecular flexibility index (Phi) is 4.17. The fourth-order valence-corrected chi connectivity index (χ4v) is 1.84. The Bertz CT molecular complexity index is 529. The summed E-state index contributed by atoms with van der Waals surface area (Å²) < 4.78 is 6.39. The third kappa shape index (κ3) is 3.21. The van der Waals surface area contributed by atoms with Crippen molar-refractivity contribution in [1.29, 1.82) is 0 Å². The first-order valence-electron chi connectivity index (χ1n) is 5.47. The number of hydrogen-bond donors (Lipinski definition) is 2. The number of aliphatic hydroxyl groups excluding tert-OH is 1. The number of nitrogen functional groups attached to an aromatic ring is 1. The van der Waals surface area contributed by atoms with Crippen molar-refractivity contribution in [3.05, 3.63) is 46.6 Å². The van der Waals surface area contributed by atoms with E-state index in [1.807, 2.05) is 24.3 Å². The number of rotatable bonds is 4. The minimum atomic E-state index is 0.140. The molecule has 0 spiro atoms. The first kappa shape index (κ1) is 12.9. The topological polar surface area (TPSA) is 68.4 Å². The summed E-state index contributed by atoms with van der Waals surface area (Å²) in [5, 5.41) is 8.82. The van der Waals surface area contributed by atoms with Crippen LogP contribution in [0.3, 0.4) is 0 Å². The fraction of sp³-hybridized carbons (Fsp3) is 0.154. The molecule has 0 fully saturated rings. The molecule has 4 nitrogen and oxygen atoms in total. The van der Waals surface area contributed by atoms with Gasteiger partial charge in [-0.3, -0.25) is 0 Å². The molecular formula is C13H13BrN2O2. The molecule has 0 bridgehead atoms. The summed E-state index contributed by atoms with van der Waals surface area (Å²) in [5.74, 6) is 1.05. The maximum absolute atomic E-state index is 8.82. The molecular weight excluding hydrogens is 296 g/mol. The Morgan fingerprint density at radius 2 is 2.00 bits per heavy atom. The van der Waals surface area contributed by atoms with Gasteiger partial charge in [0.2, 0.25) is 5.88 Å². The zero-order chi connectivity index (χ0) is 13.0. The summed E-state index contributed by atoms with van der Waals surface area (Å²) in [6.45, 7) is 0.140. The number of hydrogen-bond acceptors (Lipinski definition) is 4. The van der Waals surface area contributed by atoms with Gasteiger partial charge in [-0.2, -0.15) is 0 Å². The number of nitrogens with two attached hydrogens (primary N) is 1. The van der Waals surface area contributed by atoms with Crippen molar-refractivity contribution in [1.82, 2.24) is 4.98 Å². The molecule has 2 aromatic rings. The van der Waals surface area contributed by atoms with Crippen molar-refractivity contribution >= 4 is 21.6 Å². The van der Waals surface area contributed by atoms with Gasteiger partial charge in [-0.1, -0.05) is 12.1 Å². The van der Waals surface area contributed by atoms with Crippen molar-refractivity contribution in [2.75, 3.05) is 12.3 Å². The Morgan fingerprint density at radius 1 is 1.28 bits per heavy atom. The average molecular weight is 309 g/mol. The number of nitrogens with zero attached hydrogens (tertiary/aromatic N) is 1. The highest BCUT2D eigenvalue weighted by Crippen LogP contribution is 2.27. The minimum absolute atomic E-state index is 0.140. The van der Waals surface area contributed by atoms with E-state index in [9.17, 15) is 0 Å². The van der Waals surface area contributed by atoms with Gasteiger partial charge in [-0.05, 0) is 46.1 Å². The molecule has 1 aromatic heterocycles. The number of aliphatic hydroxyl groups is 1. The van der Waals surface area contributed by atoms with Gasteiger partial charge in [0, 0.05) is 17.3 Å². The molecule has 1 aromatic carbocycles. The highest BCUT2D eigenvalue weighted by molar-refractivity contribution is 9.10. The molecule has 0 atom stereocenters. The van der Waals surface area contributed by atoms with Gasteiger partial charge in [0.05, 0.1) is 5.69 Å². The lowest BCUT2D eigenvalue weighted by Crippen LogP contribution is -1.95. The van der Waals surface area contributed by atoms with Crippen LogP contribution in [0.1, 0.15) is 5.56 Å². The van der Waals surface area contributed by atoms with Crippen LogP contribution in [0, 0.1) is 0 Å². The molecule has 0 saturated heterocycles. The zero-order valence-corrected chi connectivity index (χ0v) is 11.2. The predicted molar refractivity (Wildman–Crippen MR) is 73.7 cm³/mol. The van der Waals surface area contributed by atoms with E-state index >= 15 is 0 Å². The van der Waals surface area contributed by atoms with E-state index in [-0.39, 0.29) is 6.61 Å². The van der Waals surface area contributed by atoms with E-state index in [0.29, 0.717) is 23.7 Å². The van der Waals surface area contributed by atoms with Crippen LogP contribution in [0.2, 0.25) is 0 Å². The number of ether oxygens (including phenoxy) is 1. The van der Waals surface area contributed by atoms with Crippen LogP contribution in [0.15, 0.2) is 41.0 Å². The van der Waals surface area contributed by atoms with Gasteiger partial charge in [0.25, 0.3) is 0 Å². The number of anilines is 1. The molecule has 5 heteroatoms. The predicted octanol–water partition coefficient (Wildman–Crippen LogP) is 2.75. The first-order valence-corrected chi connectivity index (χ1v) is 6.27. The summed E-state index contributed by atoms with van der Waals surface area (Å²) in [7, 11) is 0. The molecule has 94 valence electrons. The smallest absolute Gasteiger partial charge is 0.242 e. The quantitative estimate of drug-likeness (QED) is 0.911. The lowest BCUT2D eigenvalue weighted by atomic mass is 10.1. The van der Waals surface area contributed by atoms with Gasteiger partial charge >= 0.3 is 0 Å². The summed E-state index contributed by atoms with van der Waals surface area (Å²) >= 11 is 3.29. The lowest BCUT2D eigenvalue weighted by Gasteiger charge is -2.08.